The predicted octanol–water partition coefficient (Wildman–Crippen LogP) is 2.65. The van der Waals surface area contributed by atoms with Crippen molar-refractivity contribution in [3.8, 4) is 5.75 Å². The fourth-order valence-corrected chi connectivity index (χ4v) is 2.33. The van der Waals surface area contributed by atoms with Gasteiger partial charge in [0.1, 0.15) is 5.75 Å². The lowest BCUT2D eigenvalue weighted by Gasteiger charge is -2.18. The lowest BCUT2D eigenvalue weighted by atomic mass is 10.1. The summed E-state index contributed by atoms with van der Waals surface area (Å²) in [5.41, 5.74) is 3.39. The summed E-state index contributed by atoms with van der Waals surface area (Å²) < 4.78 is 5.32. The van der Waals surface area contributed by atoms with Crippen molar-refractivity contribution in [2.75, 3.05) is 17.2 Å². The molecule has 0 fully saturated rings. The number of hydrogen-bond acceptors (Lipinski definition) is 3. The fraction of sp³-hybridized carbons (Fsp3) is 0.176. The number of rotatable bonds is 3. The number of urea groups is 1. The van der Waals surface area contributed by atoms with Crippen LogP contribution in [0.4, 0.5) is 16.2 Å². The highest BCUT2D eigenvalue weighted by molar-refractivity contribution is 5.96. The molecule has 6 nitrogen and oxygen atoms in total. The molecule has 23 heavy (non-hydrogen) atoms. The monoisotopic (exact) mass is 311 g/mol. The molecule has 0 saturated heterocycles. The van der Waals surface area contributed by atoms with E-state index in [2.05, 4.69) is 16.0 Å². The van der Waals surface area contributed by atoms with E-state index >= 15 is 0 Å². The Morgan fingerprint density at radius 1 is 1.26 bits per heavy atom. The van der Waals surface area contributed by atoms with Crippen LogP contribution in [0, 0.1) is 6.92 Å². The number of amides is 3. The van der Waals surface area contributed by atoms with Crippen molar-refractivity contribution in [3.05, 3.63) is 53.6 Å². The van der Waals surface area contributed by atoms with Gasteiger partial charge < -0.3 is 20.7 Å². The lowest BCUT2D eigenvalue weighted by Crippen LogP contribution is -2.28. The average molecular weight is 311 g/mol. The van der Waals surface area contributed by atoms with E-state index in [4.69, 9.17) is 4.74 Å². The smallest absolute Gasteiger partial charge is 0.319 e. The highest BCUT2D eigenvalue weighted by Crippen LogP contribution is 2.30. The molecule has 0 spiro atoms. The van der Waals surface area contributed by atoms with Crippen LogP contribution in [0.15, 0.2) is 42.5 Å². The maximum Gasteiger partial charge on any atom is 0.319 e. The summed E-state index contributed by atoms with van der Waals surface area (Å²) in [6.07, 6.45) is 0. The van der Waals surface area contributed by atoms with Crippen LogP contribution >= 0.6 is 0 Å². The molecule has 118 valence electrons. The normalized spacial score (nSPS) is 12.7. The molecule has 1 aliphatic rings. The van der Waals surface area contributed by atoms with Gasteiger partial charge in [-0.3, -0.25) is 4.79 Å². The first-order valence-corrected chi connectivity index (χ1v) is 7.27. The number of nitrogens with one attached hydrogen (secondary N) is 3. The molecule has 0 aromatic heterocycles. The van der Waals surface area contributed by atoms with Gasteiger partial charge in [-0.2, -0.15) is 0 Å². The van der Waals surface area contributed by atoms with Crippen LogP contribution in [0.2, 0.25) is 0 Å². The van der Waals surface area contributed by atoms with Crippen LogP contribution in [0.1, 0.15) is 11.1 Å². The van der Waals surface area contributed by atoms with Crippen molar-refractivity contribution < 1.29 is 14.3 Å². The zero-order valence-electron chi connectivity index (χ0n) is 12.7. The number of hydrogen-bond donors (Lipinski definition) is 3. The van der Waals surface area contributed by atoms with Gasteiger partial charge in [0.15, 0.2) is 6.61 Å². The second kappa shape index (κ2) is 6.39. The molecule has 0 unspecified atom stereocenters. The van der Waals surface area contributed by atoms with E-state index in [9.17, 15) is 9.59 Å². The Bertz CT molecular complexity index is 758. The summed E-state index contributed by atoms with van der Waals surface area (Å²) in [5.74, 6) is 0.357. The standard InChI is InChI=1S/C17H17N3O3/c1-11-3-2-4-12(7-11)9-18-17(22)19-13-5-6-14-15(8-13)23-10-16(21)20-14/h2-8H,9-10H2,1H3,(H,20,21)(H2,18,19,22). The van der Waals surface area contributed by atoms with Crippen molar-refractivity contribution in [1.29, 1.82) is 0 Å². The van der Waals surface area contributed by atoms with E-state index < -0.39 is 0 Å². The van der Waals surface area contributed by atoms with Crippen LogP contribution in [0.25, 0.3) is 0 Å². The molecule has 3 amide bonds. The number of benzene rings is 2. The van der Waals surface area contributed by atoms with E-state index in [-0.39, 0.29) is 18.5 Å². The van der Waals surface area contributed by atoms with E-state index in [0.717, 1.165) is 11.1 Å². The van der Waals surface area contributed by atoms with Crippen LogP contribution in [0.5, 0.6) is 5.75 Å². The summed E-state index contributed by atoms with van der Waals surface area (Å²) in [4.78, 5) is 23.2. The zero-order chi connectivity index (χ0) is 16.2. The second-order valence-electron chi connectivity index (χ2n) is 5.34. The van der Waals surface area contributed by atoms with Gasteiger partial charge in [-0.1, -0.05) is 29.8 Å². The highest BCUT2D eigenvalue weighted by Gasteiger charge is 2.16. The lowest BCUT2D eigenvalue weighted by molar-refractivity contribution is -0.118. The van der Waals surface area contributed by atoms with E-state index in [1.54, 1.807) is 18.2 Å². The molecule has 0 radical (unpaired) electrons. The molecule has 1 heterocycles. The number of carbonyl (C=O) groups excluding carboxylic acids is 2. The minimum absolute atomic E-state index is 0.0178. The second-order valence-corrected chi connectivity index (χ2v) is 5.34. The molecule has 0 atom stereocenters. The Labute approximate surface area is 133 Å². The van der Waals surface area contributed by atoms with Crippen LogP contribution in [-0.4, -0.2) is 18.5 Å². The van der Waals surface area contributed by atoms with Crippen molar-refractivity contribution in [2.24, 2.45) is 0 Å². The third-order valence-corrected chi connectivity index (χ3v) is 3.41. The van der Waals surface area contributed by atoms with Crippen molar-refractivity contribution in [3.63, 3.8) is 0 Å². The molecule has 1 aliphatic heterocycles. The molecule has 6 heteroatoms. The molecule has 3 N–H and O–H groups in total. The van der Waals surface area contributed by atoms with Crippen LogP contribution in [-0.2, 0) is 11.3 Å². The molecule has 2 aromatic carbocycles. The van der Waals surface area contributed by atoms with Gasteiger partial charge in [0.2, 0.25) is 0 Å². The minimum atomic E-state index is -0.300. The Morgan fingerprint density at radius 3 is 2.96 bits per heavy atom. The van der Waals surface area contributed by atoms with Gasteiger partial charge in [-0.05, 0) is 24.6 Å². The van der Waals surface area contributed by atoms with Gasteiger partial charge in [-0.15, -0.1) is 0 Å². The van der Waals surface area contributed by atoms with Gasteiger partial charge in [0.05, 0.1) is 5.69 Å². The first-order valence-electron chi connectivity index (χ1n) is 7.27. The predicted molar refractivity (Wildman–Crippen MR) is 87.6 cm³/mol. The Balaban J connectivity index is 1.59. The topological polar surface area (TPSA) is 79.5 Å². The summed E-state index contributed by atoms with van der Waals surface area (Å²) in [6, 6.07) is 12.7. The van der Waals surface area contributed by atoms with Gasteiger partial charge in [0.25, 0.3) is 5.91 Å². The number of carbonyl (C=O) groups is 2. The fourth-order valence-electron chi connectivity index (χ4n) is 2.33. The first-order chi connectivity index (χ1) is 11.1. The summed E-state index contributed by atoms with van der Waals surface area (Å²) >= 11 is 0. The summed E-state index contributed by atoms with van der Waals surface area (Å²) in [6.45, 7) is 2.44. The number of anilines is 2. The maximum atomic E-state index is 12.0. The highest BCUT2D eigenvalue weighted by atomic mass is 16.5. The third kappa shape index (κ3) is 3.79. The van der Waals surface area contributed by atoms with Gasteiger partial charge in [0, 0.05) is 18.3 Å². The summed E-state index contributed by atoms with van der Waals surface area (Å²) in [7, 11) is 0. The van der Waals surface area contributed by atoms with E-state index in [1.165, 1.54) is 0 Å². The minimum Gasteiger partial charge on any atom is -0.482 e. The molecule has 3 rings (SSSR count). The quantitative estimate of drug-likeness (QED) is 0.815. The summed E-state index contributed by atoms with van der Waals surface area (Å²) in [5, 5.41) is 8.25. The molecular formula is C17H17N3O3. The number of aryl methyl sites for hydroxylation is 1. The van der Waals surface area contributed by atoms with Crippen molar-refractivity contribution >= 4 is 23.3 Å². The van der Waals surface area contributed by atoms with Crippen LogP contribution in [0.3, 0.4) is 0 Å². The van der Waals surface area contributed by atoms with Crippen molar-refractivity contribution in [1.82, 2.24) is 5.32 Å². The average Bonchev–Trinajstić information content (AvgIpc) is 2.53. The largest absolute Gasteiger partial charge is 0.482 e. The SMILES string of the molecule is Cc1cccc(CNC(=O)Nc2ccc3c(c2)OCC(=O)N3)c1. The third-order valence-electron chi connectivity index (χ3n) is 3.41. The Hall–Kier alpha value is -3.02. The molecule has 2 aromatic rings. The Morgan fingerprint density at radius 2 is 2.13 bits per heavy atom. The zero-order valence-corrected chi connectivity index (χ0v) is 12.7. The van der Waals surface area contributed by atoms with Crippen molar-refractivity contribution in [2.45, 2.75) is 13.5 Å². The molecular weight excluding hydrogens is 294 g/mol. The number of ether oxygens (including phenoxy) is 1. The number of fused-ring (bicyclic) bond motifs is 1. The Kier molecular flexibility index (Phi) is 4.14. The maximum absolute atomic E-state index is 12.0. The molecule has 0 aliphatic carbocycles. The van der Waals surface area contributed by atoms with E-state index in [1.807, 2.05) is 31.2 Å². The van der Waals surface area contributed by atoms with Gasteiger partial charge in [-0.25, -0.2) is 4.79 Å². The van der Waals surface area contributed by atoms with Crippen LogP contribution < -0.4 is 20.7 Å². The van der Waals surface area contributed by atoms with E-state index in [0.29, 0.717) is 23.7 Å². The van der Waals surface area contributed by atoms with Gasteiger partial charge >= 0.3 is 6.03 Å². The first kappa shape index (κ1) is 14.9. The molecule has 0 bridgehead atoms. The molecule has 0 saturated carbocycles.